The highest BCUT2D eigenvalue weighted by Crippen LogP contribution is 2.21. The second-order valence-corrected chi connectivity index (χ2v) is 4.56. The van der Waals surface area contributed by atoms with Crippen molar-refractivity contribution in [3.63, 3.8) is 0 Å². The second-order valence-electron chi connectivity index (χ2n) is 4.56. The van der Waals surface area contributed by atoms with Gasteiger partial charge in [-0.25, -0.2) is 4.98 Å². The van der Waals surface area contributed by atoms with E-state index in [2.05, 4.69) is 24.9 Å². The maximum atomic E-state index is 10.7. The summed E-state index contributed by atoms with van der Waals surface area (Å²) in [6.45, 7) is 4.25. The van der Waals surface area contributed by atoms with E-state index in [9.17, 15) is 4.79 Å². The summed E-state index contributed by atoms with van der Waals surface area (Å²) in [4.78, 5) is 15.1. The predicted molar refractivity (Wildman–Crippen MR) is 66.1 cm³/mol. The van der Waals surface area contributed by atoms with E-state index in [1.165, 1.54) is 5.56 Å². The Bertz CT molecular complexity index is 570. The number of benzene rings is 1. The Kier molecular flexibility index (Phi) is 2.88. The molecule has 0 unspecified atom stereocenters. The lowest BCUT2D eigenvalue weighted by molar-refractivity contribution is -0.136. The molecule has 0 aliphatic rings. The summed E-state index contributed by atoms with van der Waals surface area (Å²) in [6.07, 6.45) is -0.0395. The molecule has 90 valence electrons. The first-order valence-electron chi connectivity index (χ1n) is 5.66. The average molecular weight is 232 g/mol. The number of rotatable bonds is 3. The summed E-state index contributed by atoms with van der Waals surface area (Å²) in [5.41, 5.74) is 3.07. The molecule has 0 aliphatic carbocycles. The van der Waals surface area contributed by atoms with Gasteiger partial charge in [-0.1, -0.05) is 19.9 Å². The third-order valence-electron chi connectivity index (χ3n) is 2.97. The van der Waals surface area contributed by atoms with Crippen LogP contribution >= 0.6 is 0 Å². The molecular weight excluding hydrogens is 216 g/mol. The number of hydrogen-bond acceptors (Lipinski definition) is 2. The van der Waals surface area contributed by atoms with Gasteiger partial charge in [-0.3, -0.25) is 4.79 Å². The van der Waals surface area contributed by atoms with E-state index in [4.69, 9.17) is 5.11 Å². The summed E-state index contributed by atoms with van der Waals surface area (Å²) < 4.78 is 1.84. The highest BCUT2D eigenvalue weighted by molar-refractivity contribution is 5.78. The van der Waals surface area contributed by atoms with Crippen LogP contribution < -0.4 is 0 Å². The van der Waals surface area contributed by atoms with Gasteiger partial charge >= 0.3 is 5.97 Å². The largest absolute Gasteiger partial charge is 0.481 e. The third-order valence-corrected chi connectivity index (χ3v) is 2.97. The topological polar surface area (TPSA) is 55.1 Å². The minimum atomic E-state index is -0.854. The van der Waals surface area contributed by atoms with Crippen molar-refractivity contribution in [1.29, 1.82) is 0 Å². The Balaban J connectivity index is 2.53. The van der Waals surface area contributed by atoms with E-state index >= 15 is 0 Å². The lowest BCUT2D eigenvalue weighted by Gasteiger charge is -2.04. The van der Waals surface area contributed by atoms with E-state index in [-0.39, 0.29) is 6.42 Å². The molecule has 1 aromatic heterocycles. The standard InChI is InChI=1S/C13H16N2O2/c1-8(2)9-4-5-11-10(6-9)14-12(15(11)3)7-13(16)17/h4-6,8H,7H2,1-3H3,(H,16,17). The lowest BCUT2D eigenvalue weighted by Crippen LogP contribution is -2.06. The van der Waals surface area contributed by atoms with Crippen molar-refractivity contribution in [2.45, 2.75) is 26.2 Å². The number of fused-ring (bicyclic) bond motifs is 1. The highest BCUT2D eigenvalue weighted by Gasteiger charge is 2.11. The first-order valence-corrected chi connectivity index (χ1v) is 5.66. The van der Waals surface area contributed by atoms with E-state index < -0.39 is 5.97 Å². The Morgan fingerprint density at radius 2 is 2.18 bits per heavy atom. The molecule has 0 radical (unpaired) electrons. The number of carbonyl (C=O) groups is 1. The van der Waals surface area contributed by atoms with Gasteiger partial charge in [0.2, 0.25) is 0 Å². The van der Waals surface area contributed by atoms with Gasteiger partial charge < -0.3 is 9.67 Å². The molecular formula is C13H16N2O2. The zero-order valence-corrected chi connectivity index (χ0v) is 10.3. The predicted octanol–water partition coefficient (Wildman–Crippen LogP) is 2.32. The fraction of sp³-hybridized carbons (Fsp3) is 0.385. The highest BCUT2D eigenvalue weighted by atomic mass is 16.4. The summed E-state index contributed by atoms with van der Waals surface area (Å²) in [5.74, 6) is 0.185. The van der Waals surface area contributed by atoms with Gasteiger partial charge in [0.25, 0.3) is 0 Å². The van der Waals surface area contributed by atoms with Crippen molar-refractivity contribution in [2.24, 2.45) is 7.05 Å². The normalized spacial score (nSPS) is 11.3. The molecule has 4 nitrogen and oxygen atoms in total. The van der Waals surface area contributed by atoms with Crippen LogP contribution in [0.2, 0.25) is 0 Å². The summed E-state index contributed by atoms with van der Waals surface area (Å²) in [6, 6.07) is 6.10. The van der Waals surface area contributed by atoms with Crippen LogP contribution in [-0.4, -0.2) is 20.6 Å². The number of nitrogens with zero attached hydrogens (tertiary/aromatic N) is 2. The fourth-order valence-electron chi connectivity index (χ4n) is 1.92. The van der Waals surface area contributed by atoms with Gasteiger partial charge in [0.05, 0.1) is 11.0 Å². The van der Waals surface area contributed by atoms with Crippen molar-refractivity contribution in [3.8, 4) is 0 Å². The molecule has 0 fully saturated rings. The molecule has 0 bridgehead atoms. The fourth-order valence-corrected chi connectivity index (χ4v) is 1.92. The first kappa shape index (κ1) is 11.6. The second kappa shape index (κ2) is 4.20. The van der Waals surface area contributed by atoms with Crippen LogP contribution in [0.1, 0.15) is 31.2 Å². The van der Waals surface area contributed by atoms with Crippen LogP contribution in [0.25, 0.3) is 11.0 Å². The Morgan fingerprint density at radius 3 is 2.76 bits per heavy atom. The molecule has 0 saturated carbocycles. The van der Waals surface area contributed by atoms with Crippen molar-refractivity contribution >= 4 is 17.0 Å². The molecule has 1 heterocycles. The molecule has 0 amide bonds. The molecule has 17 heavy (non-hydrogen) atoms. The van der Waals surface area contributed by atoms with E-state index in [1.54, 1.807) is 0 Å². The van der Waals surface area contributed by atoms with Gasteiger partial charge in [0.15, 0.2) is 0 Å². The Morgan fingerprint density at radius 1 is 1.47 bits per heavy atom. The van der Waals surface area contributed by atoms with E-state index in [0.717, 1.165) is 11.0 Å². The maximum Gasteiger partial charge on any atom is 0.311 e. The van der Waals surface area contributed by atoms with Crippen LogP contribution in [0.3, 0.4) is 0 Å². The molecule has 2 aromatic rings. The number of aromatic nitrogens is 2. The molecule has 0 spiro atoms. The monoisotopic (exact) mass is 232 g/mol. The van der Waals surface area contributed by atoms with Gasteiger partial charge in [-0.15, -0.1) is 0 Å². The van der Waals surface area contributed by atoms with Gasteiger partial charge in [-0.05, 0) is 23.6 Å². The van der Waals surface area contributed by atoms with Crippen LogP contribution in [0.15, 0.2) is 18.2 Å². The summed E-state index contributed by atoms with van der Waals surface area (Å²) in [7, 11) is 1.85. The smallest absolute Gasteiger partial charge is 0.311 e. The number of aliphatic carboxylic acids is 1. The minimum Gasteiger partial charge on any atom is -0.481 e. The zero-order valence-electron chi connectivity index (χ0n) is 10.3. The summed E-state index contributed by atoms with van der Waals surface area (Å²) >= 11 is 0. The van der Waals surface area contributed by atoms with Crippen LogP contribution in [-0.2, 0) is 18.3 Å². The van der Waals surface area contributed by atoms with Crippen LogP contribution in [0.4, 0.5) is 0 Å². The number of carboxylic acids is 1. The van der Waals surface area contributed by atoms with Gasteiger partial charge in [0.1, 0.15) is 12.2 Å². The van der Waals surface area contributed by atoms with Crippen molar-refractivity contribution in [1.82, 2.24) is 9.55 Å². The maximum absolute atomic E-state index is 10.7. The lowest BCUT2D eigenvalue weighted by atomic mass is 10.0. The zero-order chi connectivity index (χ0) is 12.6. The minimum absolute atomic E-state index is 0.0395. The van der Waals surface area contributed by atoms with Gasteiger partial charge in [0, 0.05) is 7.05 Å². The van der Waals surface area contributed by atoms with Crippen molar-refractivity contribution < 1.29 is 9.90 Å². The number of aryl methyl sites for hydroxylation is 1. The molecule has 2 rings (SSSR count). The first-order chi connectivity index (χ1) is 7.99. The molecule has 0 aliphatic heterocycles. The molecule has 1 aromatic carbocycles. The van der Waals surface area contributed by atoms with E-state index in [0.29, 0.717) is 11.7 Å². The van der Waals surface area contributed by atoms with E-state index in [1.807, 2.05) is 23.7 Å². The Labute approximate surface area is 99.9 Å². The molecule has 4 heteroatoms. The quantitative estimate of drug-likeness (QED) is 0.883. The van der Waals surface area contributed by atoms with Crippen molar-refractivity contribution in [2.75, 3.05) is 0 Å². The number of hydrogen-bond donors (Lipinski definition) is 1. The molecule has 0 atom stereocenters. The number of imidazole rings is 1. The van der Waals surface area contributed by atoms with Crippen LogP contribution in [0, 0.1) is 0 Å². The molecule has 1 N–H and O–H groups in total. The summed E-state index contributed by atoms with van der Waals surface area (Å²) in [5, 5.41) is 8.81. The van der Waals surface area contributed by atoms with Crippen molar-refractivity contribution in [3.05, 3.63) is 29.6 Å². The van der Waals surface area contributed by atoms with Crippen LogP contribution in [0.5, 0.6) is 0 Å². The SMILES string of the molecule is CC(C)c1ccc2c(c1)nc(CC(=O)O)n2C. The third kappa shape index (κ3) is 2.16. The number of carboxylic acid groups (broad SMARTS) is 1. The van der Waals surface area contributed by atoms with Gasteiger partial charge in [-0.2, -0.15) is 0 Å². The Hall–Kier alpha value is -1.84. The molecule has 0 saturated heterocycles. The average Bonchev–Trinajstić information content (AvgIpc) is 2.54.